The predicted octanol–water partition coefficient (Wildman–Crippen LogP) is 5.00. The summed E-state index contributed by atoms with van der Waals surface area (Å²) in [5, 5.41) is 50.9. The molecule has 6 rings (SSSR count). The second-order valence-electron chi connectivity index (χ2n) is 13.7. The first-order chi connectivity index (χ1) is 26.5. The molecule has 2 atom stereocenters. The van der Waals surface area contributed by atoms with Crippen LogP contribution in [0.15, 0.2) is 71.5 Å². The van der Waals surface area contributed by atoms with E-state index in [9.17, 15) is 35.3 Å². The van der Waals surface area contributed by atoms with Crippen LogP contribution in [0.5, 0.6) is 11.5 Å². The first kappa shape index (κ1) is 39.9. The Balaban J connectivity index is 1.16. The Labute approximate surface area is 331 Å². The van der Waals surface area contributed by atoms with E-state index in [-0.39, 0.29) is 37.7 Å². The zero-order valence-electron chi connectivity index (χ0n) is 29.9. The Kier molecular flexibility index (Phi) is 12.9. The fraction of sp³-hybridized carbons (Fsp3) is 0.350. The highest BCUT2D eigenvalue weighted by molar-refractivity contribution is 9.10. The Bertz CT molecular complexity index is 2100. The molecule has 2 aliphatic heterocycles. The first-order valence-electron chi connectivity index (χ1n) is 17.8. The van der Waals surface area contributed by atoms with Gasteiger partial charge >= 0.3 is 11.9 Å². The topological polar surface area (TPSA) is 189 Å². The van der Waals surface area contributed by atoms with Gasteiger partial charge in [-0.2, -0.15) is 5.26 Å². The quantitative estimate of drug-likeness (QED) is 0.0957. The summed E-state index contributed by atoms with van der Waals surface area (Å²) < 4.78 is 13.3. The average molecular weight is 835 g/mol. The third-order valence-electron chi connectivity index (χ3n) is 9.96. The summed E-state index contributed by atoms with van der Waals surface area (Å²) in [6.07, 6.45) is 5.00. The van der Waals surface area contributed by atoms with Gasteiger partial charge in [0.25, 0.3) is 0 Å². The highest BCUT2D eigenvalue weighted by Gasteiger charge is 2.42. The van der Waals surface area contributed by atoms with Crippen molar-refractivity contribution in [1.82, 2.24) is 15.2 Å². The maximum atomic E-state index is 11.5. The number of pyridine rings is 1. The third kappa shape index (κ3) is 9.38. The highest BCUT2D eigenvalue weighted by atomic mass is 79.9. The average Bonchev–Trinajstić information content (AvgIpc) is 3.78. The lowest BCUT2D eigenvalue weighted by Gasteiger charge is -2.23. The first-order valence-corrected chi connectivity index (χ1v) is 19.0. The zero-order chi connectivity index (χ0) is 39.1. The summed E-state index contributed by atoms with van der Waals surface area (Å²) >= 11 is 10.6. The summed E-state index contributed by atoms with van der Waals surface area (Å²) in [7, 11) is 0. The van der Waals surface area contributed by atoms with E-state index in [0.29, 0.717) is 41.3 Å². The van der Waals surface area contributed by atoms with Crippen LogP contribution in [0.2, 0.25) is 5.02 Å². The minimum Gasteiger partial charge on any atom is -0.488 e. The van der Waals surface area contributed by atoms with Crippen molar-refractivity contribution in [3.8, 4) is 28.7 Å². The summed E-state index contributed by atoms with van der Waals surface area (Å²) in [4.78, 5) is 31.4. The Morgan fingerprint density at radius 1 is 1.02 bits per heavy atom. The molecule has 55 heavy (non-hydrogen) atoms. The standard InChI is InChI=1S/C40H41BrClN5O8/c41-37-27(4-1-6-31(37)29-5-2-7-34-30(29)8-12-47(34)11-3-10-46-13-9-40(53,24-46)39(51)52)23-55-36-16-35(54-22-26-14-25(17-43)18-44-19-26)28(15-32(36)42)20-45-33(21-48)38(49)50/h1-2,4-7,14-16,18-19,33,45,48,53H,3,8-13,20-24H2,(H,49,50)(H,51,52). The van der Waals surface area contributed by atoms with Crippen LogP contribution in [-0.2, 0) is 35.8 Å². The fourth-order valence-electron chi connectivity index (χ4n) is 6.97. The molecule has 0 spiro atoms. The van der Waals surface area contributed by atoms with Crippen LogP contribution in [0.1, 0.15) is 40.7 Å². The van der Waals surface area contributed by atoms with Crippen LogP contribution in [0.25, 0.3) is 11.1 Å². The van der Waals surface area contributed by atoms with Crippen molar-refractivity contribution in [1.29, 1.82) is 5.26 Å². The van der Waals surface area contributed by atoms with Gasteiger partial charge in [-0.15, -0.1) is 0 Å². The molecule has 2 aliphatic rings. The molecule has 0 bridgehead atoms. The van der Waals surface area contributed by atoms with Gasteiger partial charge < -0.3 is 34.8 Å². The van der Waals surface area contributed by atoms with Gasteiger partial charge in [0.2, 0.25) is 0 Å². The van der Waals surface area contributed by atoms with Crippen LogP contribution in [0, 0.1) is 11.3 Å². The molecule has 3 aromatic carbocycles. The van der Waals surface area contributed by atoms with E-state index in [1.165, 1.54) is 17.4 Å². The number of aliphatic carboxylic acids is 2. The van der Waals surface area contributed by atoms with Gasteiger partial charge in [0.1, 0.15) is 36.8 Å². The van der Waals surface area contributed by atoms with Crippen molar-refractivity contribution in [2.75, 3.05) is 44.2 Å². The molecule has 0 aliphatic carbocycles. The van der Waals surface area contributed by atoms with Gasteiger partial charge in [0, 0.05) is 84.5 Å². The van der Waals surface area contributed by atoms with Crippen LogP contribution in [-0.4, -0.2) is 93.2 Å². The maximum Gasteiger partial charge on any atom is 0.337 e. The van der Waals surface area contributed by atoms with Crippen molar-refractivity contribution in [2.45, 2.75) is 50.7 Å². The number of likely N-dealkylation sites (tertiary alicyclic amines) is 1. The zero-order valence-corrected chi connectivity index (χ0v) is 32.2. The lowest BCUT2D eigenvalue weighted by molar-refractivity contribution is -0.157. The number of fused-ring (bicyclic) bond motifs is 1. The monoisotopic (exact) mass is 833 g/mol. The summed E-state index contributed by atoms with van der Waals surface area (Å²) in [6, 6.07) is 18.1. The van der Waals surface area contributed by atoms with Crippen LogP contribution in [0.3, 0.4) is 0 Å². The number of β-amino-alcohol motifs (C(OH)–C–C–N with tert-alkyl or cyclic N) is 1. The molecule has 3 heterocycles. The van der Waals surface area contributed by atoms with Crippen LogP contribution in [0.4, 0.5) is 5.69 Å². The van der Waals surface area contributed by atoms with E-state index in [1.54, 1.807) is 24.4 Å². The maximum absolute atomic E-state index is 11.5. The smallest absolute Gasteiger partial charge is 0.337 e. The molecule has 5 N–H and O–H groups in total. The number of aliphatic hydroxyl groups is 2. The fourth-order valence-corrected chi connectivity index (χ4v) is 7.81. The molecule has 0 amide bonds. The number of nitriles is 1. The van der Waals surface area contributed by atoms with E-state index in [0.717, 1.165) is 47.1 Å². The molecule has 1 saturated heterocycles. The number of ether oxygens (including phenoxy) is 2. The number of carbonyl (C=O) groups is 2. The number of aliphatic hydroxyl groups excluding tert-OH is 1. The van der Waals surface area contributed by atoms with Crippen LogP contribution < -0.4 is 19.7 Å². The summed E-state index contributed by atoms with van der Waals surface area (Å²) in [5.74, 6) is -1.65. The van der Waals surface area contributed by atoms with E-state index < -0.39 is 30.2 Å². The van der Waals surface area contributed by atoms with Gasteiger partial charge in [-0.1, -0.05) is 41.9 Å². The molecular formula is C40H41BrClN5O8. The molecule has 15 heteroatoms. The Morgan fingerprint density at radius 3 is 2.55 bits per heavy atom. The minimum atomic E-state index is -1.66. The lowest BCUT2D eigenvalue weighted by Crippen LogP contribution is -2.41. The number of benzene rings is 3. The van der Waals surface area contributed by atoms with E-state index >= 15 is 0 Å². The number of halogens is 2. The van der Waals surface area contributed by atoms with Crippen molar-refractivity contribution >= 4 is 45.2 Å². The molecule has 2 unspecified atom stereocenters. The number of anilines is 1. The molecule has 13 nitrogen and oxygen atoms in total. The Hall–Kier alpha value is -4.75. The second kappa shape index (κ2) is 17.8. The Morgan fingerprint density at radius 2 is 1.80 bits per heavy atom. The molecular weight excluding hydrogens is 794 g/mol. The number of rotatable bonds is 17. The largest absolute Gasteiger partial charge is 0.488 e. The number of nitrogens with one attached hydrogen (secondary N) is 1. The second-order valence-corrected chi connectivity index (χ2v) is 14.9. The molecule has 4 aromatic rings. The molecule has 288 valence electrons. The summed E-state index contributed by atoms with van der Waals surface area (Å²) in [5.41, 5.74) is 5.36. The van der Waals surface area contributed by atoms with Crippen molar-refractivity contribution in [2.24, 2.45) is 0 Å². The van der Waals surface area contributed by atoms with Gasteiger partial charge in [-0.3, -0.25) is 20.0 Å². The number of hydrogen-bond donors (Lipinski definition) is 5. The lowest BCUT2D eigenvalue weighted by atomic mass is 9.96. The SMILES string of the molecule is N#Cc1cncc(COc2cc(OCc3cccc(-c4cccc5c4CCN5CCCN4CCC(O)(C(=O)O)C4)c3Br)c(Cl)cc2CNC(CO)C(=O)O)c1. The van der Waals surface area contributed by atoms with Gasteiger partial charge in [-0.05, 0) is 70.2 Å². The van der Waals surface area contributed by atoms with Gasteiger partial charge in [-0.25, -0.2) is 4.79 Å². The van der Waals surface area contributed by atoms with E-state index in [1.807, 2.05) is 17.0 Å². The normalized spacial score (nSPS) is 17.1. The molecule has 1 aromatic heterocycles. The summed E-state index contributed by atoms with van der Waals surface area (Å²) in [6.45, 7) is 2.79. The van der Waals surface area contributed by atoms with Gasteiger partial charge in [0.05, 0.1) is 17.2 Å². The highest BCUT2D eigenvalue weighted by Crippen LogP contribution is 2.41. The molecule has 1 fully saturated rings. The van der Waals surface area contributed by atoms with Crippen molar-refractivity contribution in [3.63, 3.8) is 0 Å². The minimum absolute atomic E-state index is 0.0331. The number of carboxylic acids is 2. The van der Waals surface area contributed by atoms with E-state index in [2.05, 4.69) is 61.5 Å². The van der Waals surface area contributed by atoms with E-state index in [4.69, 9.17) is 21.1 Å². The molecule has 0 radical (unpaired) electrons. The van der Waals surface area contributed by atoms with Crippen LogP contribution >= 0.6 is 27.5 Å². The third-order valence-corrected chi connectivity index (χ3v) is 11.2. The predicted molar refractivity (Wildman–Crippen MR) is 208 cm³/mol. The number of aromatic nitrogens is 1. The van der Waals surface area contributed by atoms with Crippen molar-refractivity contribution < 1.29 is 39.5 Å². The van der Waals surface area contributed by atoms with Gasteiger partial charge in [0.15, 0.2) is 5.60 Å². The van der Waals surface area contributed by atoms with Crippen molar-refractivity contribution in [3.05, 3.63) is 104 Å². The number of nitrogens with zero attached hydrogens (tertiary/aromatic N) is 4. The molecule has 0 saturated carbocycles. The number of carboxylic acid groups (broad SMARTS) is 2. The number of hydrogen-bond acceptors (Lipinski definition) is 11.